The van der Waals surface area contributed by atoms with Gasteiger partial charge in [0.05, 0.1) is 17.8 Å². The van der Waals surface area contributed by atoms with E-state index in [4.69, 9.17) is 4.98 Å². The van der Waals surface area contributed by atoms with Crippen molar-refractivity contribution in [2.24, 2.45) is 0 Å². The molecule has 3 aromatic rings. The van der Waals surface area contributed by atoms with E-state index in [1.807, 2.05) is 6.20 Å². The molecule has 3 aromatic heterocycles. The van der Waals surface area contributed by atoms with Gasteiger partial charge in [0.25, 0.3) is 5.56 Å². The van der Waals surface area contributed by atoms with E-state index in [2.05, 4.69) is 20.5 Å². The Hall–Kier alpha value is -1.99. The largest absolute Gasteiger partial charge is 0.308 e. The van der Waals surface area contributed by atoms with Crippen LogP contribution < -0.4 is 10.9 Å². The van der Waals surface area contributed by atoms with Gasteiger partial charge in [0.1, 0.15) is 10.5 Å². The third kappa shape index (κ3) is 2.00. The minimum Gasteiger partial charge on any atom is -0.308 e. The Morgan fingerprint density at radius 3 is 3.09 bits per heavy atom. The SMILES string of the molecule is O=c1[nH]c([C@H]2CCCN2)nc2c3c(sc12)-c1cn[nH]c1CCC3. The number of H-pyrrole nitrogens is 2. The first kappa shape index (κ1) is 13.4. The van der Waals surface area contributed by atoms with Crippen molar-refractivity contribution in [3.05, 3.63) is 33.6 Å². The van der Waals surface area contributed by atoms with Gasteiger partial charge in [-0.1, -0.05) is 0 Å². The molecule has 1 fully saturated rings. The molecule has 2 aliphatic rings. The summed E-state index contributed by atoms with van der Waals surface area (Å²) >= 11 is 1.55. The predicted molar refractivity (Wildman–Crippen MR) is 89.8 cm³/mol. The number of hydrogen-bond acceptors (Lipinski definition) is 5. The molecule has 0 bridgehead atoms. The molecule has 0 amide bonds. The molecule has 4 heterocycles. The average Bonchev–Trinajstić information content (AvgIpc) is 3.26. The molecule has 118 valence electrons. The maximum absolute atomic E-state index is 12.6. The van der Waals surface area contributed by atoms with E-state index in [1.54, 1.807) is 11.3 Å². The Balaban J connectivity index is 1.76. The standard InChI is InChI=1S/C16H17N5OS/c22-16-14-12(19-15(20-16)11-5-2-6-17-11)8-3-1-4-10-9(7-18-21-10)13(8)23-14/h7,11,17H,1-6H2,(H,18,21)(H,19,20,22)/t11-/m1/s1. The van der Waals surface area contributed by atoms with E-state index < -0.39 is 0 Å². The number of aryl methyl sites for hydroxylation is 2. The summed E-state index contributed by atoms with van der Waals surface area (Å²) in [6.07, 6.45) is 7.06. The number of aromatic amines is 2. The minimum absolute atomic E-state index is 0.0122. The lowest BCUT2D eigenvalue weighted by Crippen LogP contribution is -2.20. The van der Waals surface area contributed by atoms with Crippen LogP contribution in [0.1, 0.15) is 42.4 Å². The molecule has 1 saturated heterocycles. The number of nitrogens with zero attached hydrogens (tertiary/aromatic N) is 2. The van der Waals surface area contributed by atoms with Gasteiger partial charge in [-0.05, 0) is 44.2 Å². The molecule has 5 rings (SSSR count). The van der Waals surface area contributed by atoms with E-state index in [0.717, 1.165) is 65.1 Å². The molecule has 0 radical (unpaired) electrons. The van der Waals surface area contributed by atoms with Gasteiger partial charge in [-0.2, -0.15) is 5.10 Å². The fraction of sp³-hybridized carbons (Fsp3) is 0.438. The van der Waals surface area contributed by atoms with Crippen molar-refractivity contribution >= 4 is 21.6 Å². The fourth-order valence-electron chi connectivity index (χ4n) is 3.72. The number of thiophene rings is 1. The first-order valence-corrected chi connectivity index (χ1v) is 8.94. The van der Waals surface area contributed by atoms with Crippen LogP contribution in [0.3, 0.4) is 0 Å². The van der Waals surface area contributed by atoms with Crippen LogP contribution in [0, 0.1) is 0 Å². The van der Waals surface area contributed by atoms with Crippen LogP contribution in [0.5, 0.6) is 0 Å². The molecule has 0 spiro atoms. The Bertz CT molecular complexity index is 947. The summed E-state index contributed by atoms with van der Waals surface area (Å²) in [5.41, 5.74) is 4.41. The van der Waals surface area contributed by atoms with Gasteiger partial charge >= 0.3 is 0 Å². The van der Waals surface area contributed by atoms with E-state index in [1.165, 1.54) is 11.3 Å². The van der Waals surface area contributed by atoms with E-state index in [9.17, 15) is 4.79 Å². The molecular formula is C16H17N5OS. The van der Waals surface area contributed by atoms with E-state index in [-0.39, 0.29) is 11.6 Å². The maximum Gasteiger partial charge on any atom is 0.268 e. The highest BCUT2D eigenvalue weighted by molar-refractivity contribution is 7.22. The Morgan fingerprint density at radius 2 is 2.22 bits per heavy atom. The lowest BCUT2D eigenvalue weighted by atomic mass is 10.1. The van der Waals surface area contributed by atoms with Crippen LogP contribution in [-0.4, -0.2) is 26.7 Å². The highest BCUT2D eigenvalue weighted by Crippen LogP contribution is 2.40. The maximum atomic E-state index is 12.6. The molecular weight excluding hydrogens is 310 g/mol. The Labute approximate surface area is 136 Å². The monoisotopic (exact) mass is 327 g/mol. The number of fused-ring (bicyclic) bond motifs is 5. The number of rotatable bonds is 1. The van der Waals surface area contributed by atoms with Crippen molar-refractivity contribution in [2.45, 2.75) is 38.1 Å². The molecule has 0 unspecified atom stereocenters. The van der Waals surface area contributed by atoms with Crippen molar-refractivity contribution in [3.63, 3.8) is 0 Å². The fourth-order valence-corrected chi connectivity index (χ4v) is 4.94. The molecule has 6 nitrogen and oxygen atoms in total. The molecule has 1 aliphatic carbocycles. The lowest BCUT2D eigenvalue weighted by Gasteiger charge is -2.09. The first-order chi connectivity index (χ1) is 11.3. The van der Waals surface area contributed by atoms with Crippen molar-refractivity contribution in [2.75, 3.05) is 6.54 Å². The molecule has 23 heavy (non-hydrogen) atoms. The van der Waals surface area contributed by atoms with Crippen LogP contribution in [0.15, 0.2) is 11.0 Å². The van der Waals surface area contributed by atoms with Crippen molar-refractivity contribution in [3.8, 4) is 10.4 Å². The van der Waals surface area contributed by atoms with Crippen LogP contribution >= 0.6 is 11.3 Å². The summed E-state index contributed by atoms with van der Waals surface area (Å²) in [7, 11) is 0. The molecule has 3 N–H and O–H groups in total. The van der Waals surface area contributed by atoms with Crippen molar-refractivity contribution in [1.82, 2.24) is 25.5 Å². The molecule has 0 saturated carbocycles. The van der Waals surface area contributed by atoms with Crippen LogP contribution in [0.2, 0.25) is 0 Å². The summed E-state index contributed by atoms with van der Waals surface area (Å²) in [6.45, 7) is 0.993. The molecule has 1 aliphatic heterocycles. The normalized spacial score (nSPS) is 20.4. The quantitative estimate of drug-likeness (QED) is 0.640. The van der Waals surface area contributed by atoms with E-state index in [0.29, 0.717) is 0 Å². The topological polar surface area (TPSA) is 86.5 Å². The zero-order chi connectivity index (χ0) is 15.4. The number of aromatic nitrogens is 4. The summed E-state index contributed by atoms with van der Waals surface area (Å²) in [6, 6.07) is 0.179. The van der Waals surface area contributed by atoms with Gasteiger partial charge in [0, 0.05) is 16.1 Å². The zero-order valence-corrected chi connectivity index (χ0v) is 13.4. The lowest BCUT2D eigenvalue weighted by molar-refractivity contribution is 0.606. The van der Waals surface area contributed by atoms with E-state index >= 15 is 0 Å². The van der Waals surface area contributed by atoms with Gasteiger partial charge in [-0.3, -0.25) is 9.89 Å². The Morgan fingerprint density at radius 1 is 1.26 bits per heavy atom. The van der Waals surface area contributed by atoms with Gasteiger partial charge in [-0.25, -0.2) is 4.98 Å². The highest BCUT2D eigenvalue weighted by Gasteiger charge is 2.25. The smallest absolute Gasteiger partial charge is 0.268 e. The Kier molecular flexibility index (Phi) is 2.93. The predicted octanol–water partition coefficient (Wildman–Crippen LogP) is 2.29. The summed E-state index contributed by atoms with van der Waals surface area (Å²) in [4.78, 5) is 21.6. The second-order valence-electron chi connectivity index (χ2n) is 6.30. The zero-order valence-electron chi connectivity index (χ0n) is 12.6. The van der Waals surface area contributed by atoms with Gasteiger partial charge in [0.15, 0.2) is 0 Å². The van der Waals surface area contributed by atoms with Crippen molar-refractivity contribution < 1.29 is 0 Å². The van der Waals surface area contributed by atoms with Gasteiger partial charge in [0.2, 0.25) is 0 Å². The summed E-state index contributed by atoms with van der Waals surface area (Å²) in [5, 5.41) is 10.7. The van der Waals surface area contributed by atoms with Crippen LogP contribution in [-0.2, 0) is 12.8 Å². The summed E-state index contributed by atoms with van der Waals surface area (Å²) < 4.78 is 0.741. The molecule has 7 heteroatoms. The number of hydrogen-bond donors (Lipinski definition) is 3. The highest BCUT2D eigenvalue weighted by atomic mass is 32.1. The second-order valence-corrected chi connectivity index (χ2v) is 7.32. The van der Waals surface area contributed by atoms with Crippen molar-refractivity contribution in [1.29, 1.82) is 0 Å². The summed E-state index contributed by atoms with van der Waals surface area (Å²) in [5.74, 6) is 0.789. The second kappa shape index (κ2) is 5.01. The average molecular weight is 327 g/mol. The van der Waals surface area contributed by atoms with Gasteiger partial charge in [-0.15, -0.1) is 11.3 Å². The third-order valence-corrected chi connectivity index (χ3v) is 6.12. The first-order valence-electron chi connectivity index (χ1n) is 8.13. The minimum atomic E-state index is -0.0122. The van der Waals surface area contributed by atoms with Crippen LogP contribution in [0.4, 0.5) is 0 Å². The molecule has 1 atom stereocenters. The number of nitrogens with one attached hydrogen (secondary N) is 3. The third-order valence-electron chi connectivity index (χ3n) is 4.87. The van der Waals surface area contributed by atoms with Gasteiger partial charge < -0.3 is 10.3 Å². The van der Waals surface area contributed by atoms with Crippen LogP contribution in [0.25, 0.3) is 20.7 Å². The molecule has 0 aromatic carbocycles.